The molecular weight excluding hydrogens is 114 g/mol. The minimum absolute atomic E-state index is 0.428. The van der Waals surface area contributed by atoms with Crippen molar-refractivity contribution in [3.8, 4) is 0 Å². The van der Waals surface area contributed by atoms with Gasteiger partial charge in [-0.25, -0.2) is 0 Å². The van der Waals surface area contributed by atoms with Gasteiger partial charge in [0, 0.05) is 11.9 Å². The zero-order chi connectivity index (χ0) is 6.53. The topological polar surface area (TPSA) is 35.8 Å². The predicted molar refractivity (Wildman–Crippen MR) is 36.4 cm³/mol. The molecular formula is C7H10NO+. The SMILES string of the molecule is [OH2+]CCc1ccccn1. The lowest BCUT2D eigenvalue weighted by molar-refractivity contribution is 0.298. The van der Waals surface area contributed by atoms with E-state index in [0.717, 1.165) is 12.1 Å². The van der Waals surface area contributed by atoms with Crippen LogP contribution in [0.15, 0.2) is 24.4 Å². The molecule has 1 aromatic heterocycles. The second-order valence-electron chi connectivity index (χ2n) is 1.82. The molecule has 9 heavy (non-hydrogen) atoms. The number of nitrogens with zero attached hydrogens (tertiary/aromatic N) is 1. The Bertz CT molecular complexity index is 162. The molecule has 0 aliphatic carbocycles. The van der Waals surface area contributed by atoms with E-state index in [9.17, 15) is 0 Å². The van der Waals surface area contributed by atoms with E-state index < -0.39 is 0 Å². The molecule has 0 fully saturated rings. The van der Waals surface area contributed by atoms with E-state index in [1.165, 1.54) is 0 Å². The Morgan fingerprint density at radius 1 is 1.44 bits per heavy atom. The molecule has 1 rings (SSSR count). The van der Waals surface area contributed by atoms with Crippen molar-refractivity contribution < 1.29 is 5.11 Å². The average molecular weight is 124 g/mol. The highest BCUT2D eigenvalue weighted by molar-refractivity contribution is 5.03. The maximum absolute atomic E-state index is 6.90. The monoisotopic (exact) mass is 124 g/mol. The molecule has 0 saturated carbocycles. The Kier molecular flexibility index (Phi) is 2.22. The van der Waals surface area contributed by atoms with Gasteiger partial charge in [-0.2, -0.15) is 0 Å². The van der Waals surface area contributed by atoms with E-state index in [4.69, 9.17) is 5.11 Å². The molecule has 0 saturated heterocycles. The van der Waals surface area contributed by atoms with Crippen LogP contribution in [0.2, 0.25) is 0 Å². The highest BCUT2D eigenvalue weighted by Gasteiger charge is 1.89. The van der Waals surface area contributed by atoms with E-state index in [-0.39, 0.29) is 0 Å². The van der Waals surface area contributed by atoms with Gasteiger partial charge in [0.2, 0.25) is 0 Å². The van der Waals surface area contributed by atoms with Crippen molar-refractivity contribution in [1.29, 1.82) is 0 Å². The van der Waals surface area contributed by atoms with Crippen molar-refractivity contribution >= 4 is 0 Å². The highest BCUT2D eigenvalue weighted by Crippen LogP contribution is 1.91. The zero-order valence-electron chi connectivity index (χ0n) is 5.17. The van der Waals surface area contributed by atoms with E-state index >= 15 is 0 Å². The summed E-state index contributed by atoms with van der Waals surface area (Å²) in [6.07, 6.45) is 2.52. The van der Waals surface area contributed by atoms with Gasteiger partial charge in [0.05, 0.1) is 6.42 Å². The first-order valence-electron chi connectivity index (χ1n) is 2.98. The van der Waals surface area contributed by atoms with E-state index in [0.29, 0.717) is 6.61 Å². The van der Waals surface area contributed by atoms with Gasteiger partial charge in [-0.1, -0.05) is 6.07 Å². The molecule has 0 unspecified atom stereocenters. The molecule has 1 aromatic rings. The minimum Gasteiger partial charge on any atom is -0.445 e. The number of aromatic nitrogens is 1. The first-order valence-corrected chi connectivity index (χ1v) is 2.98. The summed E-state index contributed by atoms with van der Waals surface area (Å²) in [5.41, 5.74) is 1.01. The lowest BCUT2D eigenvalue weighted by Gasteiger charge is -1.90. The number of rotatable bonds is 2. The number of hydrogen-bond donors (Lipinski definition) is 0. The van der Waals surface area contributed by atoms with Gasteiger partial charge in [0.25, 0.3) is 0 Å². The molecule has 0 bridgehead atoms. The maximum atomic E-state index is 6.90. The summed E-state index contributed by atoms with van der Waals surface area (Å²) in [4.78, 5) is 4.05. The van der Waals surface area contributed by atoms with Crippen LogP contribution in [0.5, 0.6) is 0 Å². The summed E-state index contributed by atoms with van der Waals surface area (Å²) in [6, 6.07) is 5.76. The average Bonchev–Trinajstić information content (AvgIpc) is 1.91. The van der Waals surface area contributed by atoms with Gasteiger partial charge in [0.1, 0.15) is 6.61 Å². The van der Waals surface area contributed by atoms with Crippen molar-refractivity contribution in [2.24, 2.45) is 0 Å². The van der Waals surface area contributed by atoms with Crippen molar-refractivity contribution in [2.75, 3.05) is 6.61 Å². The molecule has 0 spiro atoms. The van der Waals surface area contributed by atoms with Gasteiger partial charge in [-0.05, 0) is 12.1 Å². The van der Waals surface area contributed by atoms with Crippen molar-refractivity contribution in [3.63, 3.8) is 0 Å². The van der Waals surface area contributed by atoms with Gasteiger partial charge in [-0.15, -0.1) is 0 Å². The first kappa shape index (κ1) is 6.23. The Labute approximate surface area is 54.2 Å². The van der Waals surface area contributed by atoms with Crippen molar-refractivity contribution in [2.45, 2.75) is 6.42 Å². The fourth-order valence-electron chi connectivity index (χ4n) is 0.674. The third-order valence-corrected chi connectivity index (χ3v) is 1.11. The van der Waals surface area contributed by atoms with Crippen molar-refractivity contribution in [1.82, 2.24) is 4.98 Å². The fourth-order valence-corrected chi connectivity index (χ4v) is 0.674. The second kappa shape index (κ2) is 3.20. The molecule has 48 valence electrons. The standard InChI is InChI=1S/C7H9NO/c9-6-4-7-3-1-2-5-8-7/h1-3,5,9H,4,6H2/p+1. The summed E-state index contributed by atoms with van der Waals surface area (Å²) in [5.74, 6) is 0. The largest absolute Gasteiger partial charge is 0.445 e. The number of hydrogen-bond acceptors (Lipinski definition) is 1. The molecule has 0 aliphatic heterocycles. The maximum Gasteiger partial charge on any atom is 0.149 e. The Balaban J connectivity index is 2.61. The van der Waals surface area contributed by atoms with Crippen LogP contribution in [0.25, 0.3) is 0 Å². The zero-order valence-corrected chi connectivity index (χ0v) is 5.17. The number of pyridine rings is 1. The summed E-state index contributed by atoms with van der Waals surface area (Å²) in [7, 11) is 0. The molecule has 2 nitrogen and oxygen atoms in total. The van der Waals surface area contributed by atoms with Crippen LogP contribution in [0.4, 0.5) is 0 Å². The third-order valence-electron chi connectivity index (χ3n) is 1.11. The highest BCUT2D eigenvalue weighted by atomic mass is 16.3. The lowest BCUT2D eigenvalue weighted by Crippen LogP contribution is -1.91. The Morgan fingerprint density at radius 2 is 2.33 bits per heavy atom. The summed E-state index contributed by atoms with van der Waals surface area (Å²) in [6.45, 7) is 0.428. The van der Waals surface area contributed by atoms with Gasteiger partial charge in [0.15, 0.2) is 0 Å². The lowest BCUT2D eigenvalue weighted by atomic mass is 10.3. The van der Waals surface area contributed by atoms with Gasteiger partial charge in [-0.3, -0.25) is 4.98 Å². The predicted octanol–water partition coefficient (Wildman–Crippen LogP) is 0.349. The summed E-state index contributed by atoms with van der Waals surface area (Å²) < 4.78 is 0. The van der Waals surface area contributed by atoms with Crippen LogP contribution in [-0.4, -0.2) is 16.7 Å². The van der Waals surface area contributed by atoms with E-state index in [1.807, 2.05) is 18.2 Å². The smallest absolute Gasteiger partial charge is 0.149 e. The molecule has 0 amide bonds. The molecule has 0 aromatic carbocycles. The quantitative estimate of drug-likeness (QED) is 0.524. The second-order valence-corrected chi connectivity index (χ2v) is 1.82. The van der Waals surface area contributed by atoms with Crippen molar-refractivity contribution in [3.05, 3.63) is 30.1 Å². The van der Waals surface area contributed by atoms with Crippen LogP contribution in [0.3, 0.4) is 0 Å². The Hall–Kier alpha value is -0.890. The molecule has 2 heteroatoms. The molecule has 2 N–H and O–H groups in total. The van der Waals surface area contributed by atoms with Crippen LogP contribution >= 0.6 is 0 Å². The fraction of sp³-hybridized carbons (Fsp3) is 0.286. The molecule has 0 atom stereocenters. The molecule has 0 radical (unpaired) electrons. The Morgan fingerprint density at radius 3 is 2.89 bits per heavy atom. The van der Waals surface area contributed by atoms with Gasteiger partial charge >= 0.3 is 0 Å². The van der Waals surface area contributed by atoms with Crippen LogP contribution in [0.1, 0.15) is 5.69 Å². The van der Waals surface area contributed by atoms with Crippen LogP contribution in [0, 0.1) is 0 Å². The van der Waals surface area contributed by atoms with E-state index in [2.05, 4.69) is 4.98 Å². The van der Waals surface area contributed by atoms with Crippen LogP contribution in [-0.2, 0) is 6.42 Å². The first-order chi connectivity index (χ1) is 4.43. The molecule has 1 heterocycles. The minimum atomic E-state index is 0.428. The normalized spacial score (nSPS) is 9.44. The molecule has 0 aliphatic rings. The summed E-state index contributed by atoms with van der Waals surface area (Å²) >= 11 is 0. The van der Waals surface area contributed by atoms with E-state index in [1.54, 1.807) is 6.20 Å². The van der Waals surface area contributed by atoms with Gasteiger partial charge < -0.3 is 5.11 Å². The third kappa shape index (κ3) is 1.82. The van der Waals surface area contributed by atoms with Crippen LogP contribution < -0.4 is 0 Å². The summed E-state index contributed by atoms with van der Waals surface area (Å²) in [5, 5.41) is 6.90.